The maximum absolute atomic E-state index is 6.08. The summed E-state index contributed by atoms with van der Waals surface area (Å²) in [5, 5.41) is 4.20. The molecule has 0 atom stereocenters. The molecule has 0 aliphatic rings. The van der Waals surface area contributed by atoms with Crippen molar-refractivity contribution in [3.63, 3.8) is 0 Å². The number of halogens is 3. The summed E-state index contributed by atoms with van der Waals surface area (Å²) in [6.07, 6.45) is 0. The van der Waals surface area contributed by atoms with E-state index in [0.29, 0.717) is 0 Å². The van der Waals surface area contributed by atoms with Crippen LogP contribution in [0.15, 0.2) is 38.6 Å². The highest BCUT2D eigenvalue weighted by Crippen LogP contribution is 2.32. The highest BCUT2D eigenvalue weighted by atomic mass is 79.9. The van der Waals surface area contributed by atoms with Crippen molar-refractivity contribution in [1.29, 1.82) is 0 Å². The Balaban J connectivity index is 1.90. The Kier molecular flexibility index (Phi) is 5.06. The van der Waals surface area contributed by atoms with E-state index in [4.69, 9.17) is 11.6 Å². The zero-order valence-corrected chi connectivity index (χ0v) is 13.6. The van der Waals surface area contributed by atoms with Crippen LogP contribution >= 0.6 is 54.8 Å². The molecule has 0 radical (unpaired) electrons. The van der Waals surface area contributed by atoms with Crippen LogP contribution in [0.4, 0.5) is 0 Å². The summed E-state index contributed by atoms with van der Waals surface area (Å²) in [5.74, 6) is 0. The molecular weight excluding hydrogens is 385 g/mol. The maximum atomic E-state index is 6.08. The molecule has 2 rings (SSSR count). The summed E-state index contributed by atoms with van der Waals surface area (Å²) in [4.78, 5) is 1.29. The van der Waals surface area contributed by atoms with Crippen LogP contribution in [0.2, 0.25) is 5.02 Å². The molecule has 0 amide bonds. The van der Waals surface area contributed by atoms with E-state index in [1.165, 1.54) is 4.88 Å². The number of hydrogen-bond acceptors (Lipinski definition) is 2. The van der Waals surface area contributed by atoms with E-state index < -0.39 is 0 Å². The molecule has 0 spiro atoms. The van der Waals surface area contributed by atoms with Crippen LogP contribution in [0, 0.1) is 0 Å². The lowest BCUT2D eigenvalue weighted by Crippen LogP contribution is -2.11. The smallest absolute Gasteiger partial charge is 0.0843 e. The van der Waals surface area contributed by atoms with Crippen LogP contribution in [0.1, 0.15) is 10.4 Å². The summed E-state index contributed by atoms with van der Waals surface area (Å²) >= 11 is 14.8. The molecule has 1 aromatic carbocycles. The third-order valence-corrected chi connectivity index (χ3v) is 5.89. The van der Waals surface area contributed by atoms with Gasteiger partial charge in [-0.3, -0.25) is 0 Å². The van der Waals surface area contributed by atoms with Gasteiger partial charge in [-0.15, -0.1) is 11.3 Å². The number of nitrogens with one attached hydrogen (secondary N) is 1. The van der Waals surface area contributed by atoms with Gasteiger partial charge in [0.1, 0.15) is 0 Å². The summed E-state index contributed by atoms with van der Waals surface area (Å²) < 4.78 is 2.24. The molecule has 90 valence electrons. The van der Waals surface area contributed by atoms with Crippen LogP contribution < -0.4 is 5.32 Å². The molecule has 0 fully saturated rings. The first-order valence-corrected chi connectivity index (χ1v) is 7.82. The molecule has 1 aromatic heterocycles. The Morgan fingerprint density at radius 1 is 1.18 bits per heavy atom. The van der Waals surface area contributed by atoms with E-state index in [2.05, 4.69) is 43.2 Å². The fourth-order valence-electron chi connectivity index (χ4n) is 1.44. The second-order valence-corrected chi connectivity index (χ2v) is 7.25. The third-order valence-electron chi connectivity index (χ3n) is 2.27. The fourth-order valence-corrected chi connectivity index (χ4v) is 3.79. The minimum absolute atomic E-state index is 0.785. The lowest BCUT2D eigenvalue weighted by Gasteiger charge is -2.05. The van der Waals surface area contributed by atoms with Gasteiger partial charge in [-0.1, -0.05) is 29.8 Å². The van der Waals surface area contributed by atoms with Crippen molar-refractivity contribution in [3.8, 4) is 0 Å². The van der Waals surface area contributed by atoms with Crippen LogP contribution in [-0.2, 0) is 13.1 Å². The molecule has 0 aliphatic carbocycles. The molecule has 1 N–H and O–H groups in total. The molecule has 0 saturated carbocycles. The van der Waals surface area contributed by atoms with Gasteiger partial charge in [0.05, 0.1) is 3.79 Å². The topological polar surface area (TPSA) is 12.0 Å². The number of hydrogen-bond donors (Lipinski definition) is 1. The number of rotatable bonds is 4. The van der Waals surface area contributed by atoms with E-state index >= 15 is 0 Å². The maximum Gasteiger partial charge on any atom is 0.0843 e. The predicted octanol–water partition coefficient (Wildman–Crippen LogP) is 5.22. The minimum atomic E-state index is 0.785. The highest BCUT2D eigenvalue weighted by Gasteiger charge is 2.04. The van der Waals surface area contributed by atoms with Crippen LogP contribution in [-0.4, -0.2) is 0 Å². The average Bonchev–Trinajstić information content (AvgIpc) is 2.61. The second kappa shape index (κ2) is 6.34. The van der Waals surface area contributed by atoms with E-state index in [1.54, 1.807) is 11.3 Å². The first-order valence-electron chi connectivity index (χ1n) is 5.04. The molecule has 0 unspecified atom stereocenters. The van der Waals surface area contributed by atoms with Gasteiger partial charge in [-0.05, 0) is 49.6 Å². The van der Waals surface area contributed by atoms with E-state index in [-0.39, 0.29) is 0 Å². The van der Waals surface area contributed by atoms with Gasteiger partial charge in [-0.2, -0.15) is 0 Å². The second-order valence-electron chi connectivity index (χ2n) is 3.53. The molecule has 5 heteroatoms. The normalized spacial score (nSPS) is 10.8. The van der Waals surface area contributed by atoms with E-state index in [0.717, 1.165) is 31.9 Å². The van der Waals surface area contributed by atoms with Crippen molar-refractivity contribution < 1.29 is 0 Å². The van der Waals surface area contributed by atoms with Gasteiger partial charge >= 0.3 is 0 Å². The lowest BCUT2D eigenvalue weighted by atomic mass is 10.2. The standard InChI is InChI=1S/C12H10Br2ClNS/c13-10-5-9(17-12(10)14)7-16-6-8-3-1-2-4-11(8)15/h1-5,16H,6-7H2. The summed E-state index contributed by atoms with van der Waals surface area (Å²) in [6.45, 7) is 1.63. The molecule has 0 bridgehead atoms. The van der Waals surface area contributed by atoms with Crippen molar-refractivity contribution in [2.45, 2.75) is 13.1 Å². The molecule has 0 aliphatic heterocycles. The largest absolute Gasteiger partial charge is 0.308 e. The number of benzene rings is 1. The predicted molar refractivity (Wildman–Crippen MR) is 81.7 cm³/mol. The Hall–Kier alpha value is 0.130. The minimum Gasteiger partial charge on any atom is -0.308 e. The van der Waals surface area contributed by atoms with Gasteiger partial charge in [0.2, 0.25) is 0 Å². The lowest BCUT2D eigenvalue weighted by molar-refractivity contribution is 0.701. The number of thiophene rings is 1. The SMILES string of the molecule is Clc1ccccc1CNCc1cc(Br)c(Br)s1. The van der Waals surface area contributed by atoms with Crippen molar-refractivity contribution in [2.24, 2.45) is 0 Å². The fraction of sp³-hybridized carbons (Fsp3) is 0.167. The van der Waals surface area contributed by atoms with Crippen molar-refractivity contribution in [2.75, 3.05) is 0 Å². The molecule has 1 heterocycles. The van der Waals surface area contributed by atoms with E-state index in [1.807, 2.05) is 24.3 Å². The van der Waals surface area contributed by atoms with Crippen LogP contribution in [0.3, 0.4) is 0 Å². The zero-order chi connectivity index (χ0) is 12.3. The van der Waals surface area contributed by atoms with Crippen molar-refractivity contribution in [1.82, 2.24) is 5.32 Å². The molecular formula is C12H10Br2ClNS. The molecule has 0 saturated heterocycles. The van der Waals surface area contributed by atoms with Gasteiger partial charge < -0.3 is 5.32 Å². The summed E-state index contributed by atoms with van der Waals surface area (Å²) in [5.41, 5.74) is 1.13. The van der Waals surface area contributed by atoms with Gasteiger partial charge in [0, 0.05) is 27.5 Å². The Morgan fingerprint density at radius 2 is 1.94 bits per heavy atom. The zero-order valence-electron chi connectivity index (χ0n) is 8.84. The Labute approximate surface area is 126 Å². The van der Waals surface area contributed by atoms with Gasteiger partial charge in [0.15, 0.2) is 0 Å². The molecule has 1 nitrogen and oxygen atoms in total. The quantitative estimate of drug-likeness (QED) is 0.749. The Morgan fingerprint density at radius 3 is 2.59 bits per heavy atom. The third kappa shape index (κ3) is 3.80. The first kappa shape index (κ1) is 13.6. The average molecular weight is 396 g/mol. The Bertz CT molecular complexity index is 493. The van der Waals surface area contributed by atoms with E-state index in [9.17, 15) is 0 Å². The van der Waals surface area contributed by atoms with Gasteiger partial charge in [-0.25, -0.2) is 0 Å². The first-order chi connectivity index (χ1) is 8.16. The summed E-state index contributed by atoms with van der Waals surface area (Å²) in [6, 6.07) is 10.0. The van der Waals surface area contributed by atoms with Crippen molar-refractivity contribution in [3.05, 3.63) is 54.1 Å². The van der Waals surface area contributed by atoms with Crippen LogP contribution in [0.5, 0.6) is 0 Å². The molecule has 2 aromatic rings. The molecule has 17 heavy (non-hydrogen) atoms. The van der Waals surface area contributed by atoms with Gasteiger partial charge in [0.25, 0.3) is 0 Å². The monoisotopic (exact) mass is 393 g/mol. The highest BCUT2D eigenvalue weighted by molar-refractivity contribution is 9.13. The van der Waals surface area contributed by atoms with Crippen LogP contribution in [0.25, 0.3) is 0 Å². The van der Waals surface area contributed by atoms with Crippen molar-refractivity contribution >= 4 is 54.8 Å². The summed E-state index contributed by atoms with van der Waals surface area (Å²) in [7, 11) is 0.